The van der Waals surface area contributed by atoms with Crippen molar-refractivity contribution >= 4 is 46.9 Å². The molecule has 1 aromatic heterocycles. The Balaban J connectivity index is 1.17. The third kappa shape index (κ3) is 18.6. The minimum Gasteiger partial charge on any atom is -0.420 e. The number of nitrogens with zero attached hydrogens (tertiary/aromatic N) is 6. The highest BCUT2D eigenvalue weighted by molar-refractivity contribution is 6.12. The minimum atomic E-state index is -0.679. The molecule has 5 amide bonds. The Morgan fingerprint density at radius 2 is 1.44 bits per heavy atom. The fourth-order valence-electron chi connectivity index (χ4n) is 11.8. The van der Waals surface area contributed by atoms with E-state index in [0.29, 0.717) is 76.4 Å². The minimum absolute atomic E-state index is 0.00801. The van der Waals surface area contributed by atoms with E-state index in [0.717, 1.165) is 17.5 Å². The average molecular weight is 1120 g/mol. The highest BCUT2D eigenvalue weighted by Gasteiger charge is 2.44. The number of carbonyl (C=O) groups excluding carboxylic acids is 8. The number of nitrogens with one attached hydrogen (secondary N) is 1. The quantitative estimate of drug-likeness (QED) is 0.0430. The van der Waals surface area contributed by atoms with Crippen LogP contribution in [0.5, 0.6) is 0 Å². The Bertz CT molecular complexity index is 2550. The summed E-state index contributed by atoms with van der Waals surface area (Å²) in [7, 11) is 6.76. The zero-order valence-corrected chi connectivity index (χ0v) is 50.0. The number of amides is 5. The molecular weight excluding hydrogens is 1030 g/mol. The number of carbonyl (C=O) groups is 8. The Kier molecular flexibility index (Phi) is 26.2. The first kappa shape index (κ1) is 65.6. The lowest BCUT2D eigenvalue weighted by molar-refractivity contribution is -0.149. The van der Waals surface area contributed by atoms with Crippen LogP contribution in [0, 0.1) is 29.6 Å². The standard InChI is InChI=1S/C63H91N7O11/c1-12-43(6)59(68(9)63(78)49(41(2)3)38-52(73)58(42(4)5)67(8)33-22-28-48(71)40-64-54(74)30-20-15-21-34-70-55(75)31-32-56(70)76)53(79-10)39-57(77)69-35-23-29-50(69)60(80-11)44(7)51(72)37-47(36-45-24-16-13-17-25-45)62-66-65-61(81-62)46-26-18-14-19-27-46/h13-14,16-19,24-27,31-32,41-44,47,49-50,53,58-60H,12,15,20-23,28-30,33-40H2,1-11H3,(H,64,74)/t43-,44-,47-,49-,50-,53+,58-,59-,60+/m0/s1. The van der Waals surface area contributed by atoms with Crippen LogP contribution in [0.2, 0.25) is 0 Å². The van der Waals surface area contributed by atoms with Gasteiger partial charge in [-0.3, -0.25) is 48.2 Å². The van der Waals surface area contributed by atoms with Crippen LogP contribution >= 0.6 is 0 Å². The van der Waals surface area contributed by atoms with Crippen molar-refractivity contribution < 1.29 is 52.2 Å². The van der Waals surface area contributed by atoms with Gasteiger partial charge in [0.1, 0.15) is 5.78 Å². The van der Waals surface area contributed by atoms with Crippen molar-refractivity contribution in [2.24, 2.45) is 29.6 Å². The number of methoxy groups -OCH3 is 2. The lowest BCUT2D eigenvalue weighted by Crippen LogP contribution is -2.54. The van der Waals surface area contributed by atoms with Crippen LogP contribution in [0.3, 0.4) is 0 Å². The molecule has 18 heteroatoms. The molecule has 0 aliphatic carbocycles. The first-order chi connectivity index (χ1) is 38.7. The molecule has 3 aromatic rings. The Labute approximate surface area is 480 Å². The van der Waals surface area contributed by atoms with Crippen LogP contribution in [0.4, 0.5) is 0 Å². The number of hydrogen-bond donors (Lipinski definition) is 1. The van der Waals surface area contributed by atoms with E-state index in [1.807, 2.05) is 126 Å². The average Bonchev–Trinajstić information content (AvgIpc) is 4.23. The molecule has 18 nitrogen and oxygen atoms in total. The smallest absolute Gasteiger partial charge is 0.253 e. The van der Waals surface area contributed by atoms with E-state index >= 15 is 0 Å². The summed E-state index contributed by atoms with van der Waals surface area (Å²) in [6.45, 7) is 14.9. The van der Waals surface area contributed by atoms with Crippen LogP contribution in [-0.4, -0.2) is 162 Å². The SMILES string of the molecule is CC[C@H](C)[C@@H]([C@@H](CC(=O)N1CCC[C@H]1[C@H](OC)[C@@H](C)C(=O)C[C@H](Cc1ccccc1)c1nnc(-c2ccccc2)o1)OC)N(C)C(=O)[C@@H](CC(=O)[C@H](C(C)C)N(C)CCCC(=O)CNC(=O)CCCCCN1C(=O)C=CC1=O)C(C)C. The fourth-order valence-corrected chi connectivity index (χ4v) is 11.8. The number of hydrogen-bond acceptors (Lipinski definition) is 14. The largest absolute Gasteiger partial charge is 0.420 e. The number of Topliss-reactive ketones (excluding diaryl/α,β-unsaturated/α-hetero) is 3. The van der Waals surface area contributed by atoms with Crippen molar-refractivity contribution in [2.75, 3.05) is 54.5 Å². The molecule has 2 aliphatic rings. The summed E-state index contributed by atoms with van der Waals surface area (Å²) in [4.78, 5) is 114. The van der Waals surface area contributed by atoms with Crippen molar-refractivity contribution in [1.29, 1.82) is 0 Å². The number of benzene rings is 2. The maximum absolute atomic E-state index is 14.8. The van der Waals surface area contributed by atoms with Crippen LogP contribution in [0.15, 0.2) is 77.2 Å². The topological polar surface area (TPSA) is 219 Å². The third-order valence-corrected chi connectivity index (χ3v) is 16.6. The lowest BCUT2D eigenvalue weighted by atomic mass is 9.83. The van der Waals surface area contributed by atoms with E-state index < -0.39 is 42.0 Å². The number of unbranched alkanes of at least 4 members (excludes halogenated alkanes) is 2. The summed E-state index contributed by atoms with van der Waals surface area (Å²) in [6, 6.07) is 18.0. The van der Waals surface area contributed by atoms with Gasteiger partial charge in [0, 0.05) is 95.5 Å². The van der Waals surface area contributed by atoms with Crippen molar-refractivity contribution in [1.82, 2.24) is 35.1 Å². The van der Waals surface area contributed by atoms with Gasteiger partial charge < -0.3 is 29.0 Å². The second-order valence-corrected chi connectivity index (χ2v) is 23.0. The molecule has 1 saturated heterocycles. The normalized spacial score (nSPS) is 17.5. The van der Waals surface area contributed by atoms with Gasteiger partial charge in [-0.2, -0.15) is 0 Å². The molecule has 0 radical (unpaired) electrons. The Hall–Kier alpha value is -6.24. The van der Waals surface area contributed by atoms with Crippen LogP contribution in [-0.2, 0) is 54.3 Å². The molecule has 5 rings (SSSR count). The first-order valence-electron chi connectivity index (χ1n) is 29.3. The van der Waals surface area contributed by atoms with Crippen LogP contribution < -0.4 is 5.32 Å². The number of ketones is 3. The summed E-state index contributed by atoms with van der Waals surface area (Å²) in [5.74, 6) is -2.69. The summed E-state index contributed by atoms with van der Waals surface area (Å²) < 4.78 is 18.5. The Morgan fingerprint density at radius 3 is 2.06 bits per heavy atom. The van der Waals surface area contributed by atoms with Gasteiger partial charge >= 0.3 is 0 Å². The number of likely N-dealkylation sites (tertiary alicyclic amines) is 1. The molecule has 2 aliphatic heterocycles. The van der Waals surface area contributed by atoms with E-state index in [4.69, 9.17) is 13.9 Å². The van der Waals surface area contributed by atoms with Gasteiger partial charge in [0.25, 0.3) is 11.8 Å². The number of rotatable bonds is 36. The maximum Gasteiger partial charge on any atom is 0.253 e. The van der Waals surface area contributed by atoms with Gasteiger partial charge in [-0.15, -0.1) is 10.2 Å². The first-order valence-corrected chi connectivity index (χ1v) is 29.3. The van der Waals surface area contributed by atoms with Crippen molar-refractivity contribution in [3.63, 3.8) is 0 Å². The van der Waals surface area contributed by atoms with E-state index in [-0.39, 0.29) is 109 Å². The molecule has 81 heavy (non-hydrogen) atoms. The van der Waals surface area contributed by atoms with Crippen molar-refractivity contribution in [3.05, 3.63) is 84.3 Å². The number of imide groups is 1. The lowest BCUT2D eigenvalue weighted by Gasteiger charge is -2.41. The highest BCUT2D eigenvalue weighted by atomic mass is 16.5. The molecular formula is C63H91N7O11. The monoisotopic (exact) mass is 1120 g/mol. The van der Waals surface area contributed by atoms with Gasteiger partial charge in [-0.1, -0.05) is 110 Å². The van der Waals surface area contributed by atoms with Gasteiger partial charge in [-0.25, -0.2) is 0 Å². The van der Waals surface area contributed by atoms with E-state index in [1.54, 1.807) is 26.2 Å². The molecule has 444 valence electrons. The molecule has 0 unspecified atom stereocenters. The number of aromatic nitrogens is 2. The summed E-state index contributed by atoms with van der Waals surface area (Å²) in [6.07, 6.45) is 6.68. The van der Waals surface area contributed by atoms with E-state index in [1.165, 1.54) is 17.1 Å². The number of ether oxygens (including phenoxy) is 2. The maximum atomic E-state index is 14.8. The second-order valence-electron chi connectivity index (χ2n) is 23.0. The molecule has 0 spiro atoms. The zero-order valence-electron chi connectivity index (χ0n) is 50.0. The van der Waals surface area contributed by atoms with E-state index in [2.05, 4.69) is 15.5 Å². The van der Waals surface area contributed by atoms with E-state index in [9.17, 15) is 38.4 Å². The highest BCUT2D eigenvalue weighted by Crippen LogP contribution is 2.34. The molecule has 3 heterocycles. The van der Waals surface area contributed by atoms with Gasteiger partial charge in [0.05, 0.1) is 43.3 Å². The zero-order chi connectivity index (χ0) is 59.3. The molecule has 9 atom stereocenters. The molecule has 1 fully saturated rings. The predicted molar refractivity (Wildman–Crippen MR) is 309 cm³/mol. The number of likely N-dealkylation sites (N-methyl/N-ethyl adjacent to an activating group) is 2. The molecule has 0 saturated carbocycles. The molecule has 1 N–H and O–H groups in total. The Morgan fingerprint density at radius 1 is 0.778 bits per heavy atom. The van der Waals surface area contributed by atoms with Crippen molar-refractivity contribution in [3.8, 4) is 11.5 Å². The van der Waals surface area contributed by atoms with Crippen molar-refractivity contribution in [2.45, 2.75) is 168 Å². The molecule has 2 aromatic carbocycles. The summed E-state index contributed by atoms with van der Waals surface area (Å²) in [5.41, 5.74) is 1.82. The second kappa shape index (κ2) is 32.4. The van der Waals surface area contributed by atoms with Crippen LogP contribution in [0.1, 0.15) is 143 Å². The predicted octanol–water partition coefficient (Wildman–Crippen LogP) is 8.08. The van der Waals surface area contributed by atoms with Crippen LogP contribution in [0.25, 0.3) is 11.5 Å². The van der Waals surface area contributed by atoms with Gasteiger partial charge in [0.15, 0.2) is 11.6 Å². The van der Waals surface area contributed by atoms with Gasteiger partial charge in [0.2, 0.25) is 29.5 Å². The third-order valence-electron chi connectivity index (χ3n) is 16.6. The fraction of sp³-hybridized carbons (Fsp3) is 0.619. The van der Waals surface area contributed by atoms with Gasteiger partial charge in [-0.05, 0) is 87.6 Å². The summed E-state index contributed by atoms with van der Waals surface area (Å²) >= 11 is 0. The summed E-state index contributed by atoms with van der Waals surface area (Å²) in [5, 5.41) is 11.5. The molecule has 0 bridgehead atoms.